The number of carbonyl (C=O) groups excluding carboxylic acids is 1. The van der Waals surface area contributed by atoms with Crippen molar-refractivity contribution in [3.63, 3.8) is 0 Å². The second-order valence-electron chi connectivity index (χ2n) is 6.03. The van der Waals surface area contributed by atoms with E-state index < -0.39 is 5.60 Å². The molecule has 5 nitrogen and oxygen atoms in total. The number of rotatable bonds is 4. The molecule has 5 heteroatoms. The molecule has 0 spiro atoms. The van der Waals surface area contributed by atoms with Crippen molar-refractivity contribution in [1.29, 1.82) is 0 Å². The first-order valence-electron chi connectivity index (χ1n) is 6.88. The maximum Gasteiger partial charge on any atom is 0.323 e. The third-order valence-corrected chi connectivity index (χ3v) is 3.25. The highest BCUT2D eigenvalue weighted by atomic mass is 16.6. The van der Waals surface area contributed by atoms with Crippen LogP contribution in [0.2, 0.25) is 0 Å². The quantitative estimate of drug-likeness (QED) is 0.777. The molecule has 0 amide bonds. The number of nitrogens with zero attached hydrogens (tertiary/aromatic N) is 3. The van der Waals surface area contributed by atoms with E-state index in [0.29, 0.717) is 0 Å². The van der Waals surface area contributed by atoms with Gasteiger partial charge in [-0.25, -0.2) is 4.98 Å². The van der Waals surface area contributed by atoms with Crippen LogP contribution in [-0.2, 0) is 16.1 Å². The second-order valence-corrected chi connectivity index (χ2v) is 6.03. The fraction of sp³-hybridized carbons (Fsp3) is 0.714. The maximum atomic E-state index is 12.1. The first-order chi connectivity index (χ1) is 8.96. The molecule has 1 fully saturated rings. The summed E-state index contributed by atoms with van der Waals surface area (Å²) in [5.74, 6) is -0.0874. The summed E-state index contributed by atoms with van der Waals surface area (Å²) in [6, 6.07) is -0.0808. The van der Waals surface area contributed by atoms with E-state index in [1.807, 2.05) is 31.5 Å². The Morgan fingerprint density at radius 1 is 1.42 bits per heavy atom. The third kappa shape index (κ3) is 4.06. The number of hydrogen-bond acceptors (Lipinski definition) is 4. The van der Waals surface area contributed by atoms with E-state index in [0.717, 1.165) is 32.5 Å². The van der Waals surface area contributed by atoms with E-state index in [4.69, 9.17) is 4.74 Å². The van der Waals surface area contributed by atoms with Crippen molar-refractivity contribution in [2.45, 2.75) is 51.8 Å². The van der Waals surface area contributed by atoms with E-state index >= 15 is 0 Å². The average molecular weight is 265 g/mol. The Kier molecular flexibility index (Phi) is 4.24. The molecule has 0 unspecified atom stereocenters. The van der Waals surface area contributed by atoms with Crippen LogP contribution in [0.4, 0.5) is 0 Å². The predicted molar refractivity (Wildman–Crippen MR) is 72.7 cm³/mol. The number of carbonyl (C=O) groups is 1. The zero-order chi connectivity index (χ0) is 13.9. The number of ether oxygens (including phenoxy) is 1. The minimum Gasteiger partial charge on any atom is -0.459 e. The number of likely N-dealkylation sites (tertiary alicyclic amines) is 1. The Balaban J connectivity index is 1.87. The van der Waals surface area contributed by atoms with Crippen molar-refractivity contribution in [1.82, 2.24) is 14.5 Å². The third-order valence-electron chi connectivity index (χ3n) is 3.25. The van der Waals surface area contributed by atoms with Crippen LogP contribution >= 0.6 is 0 Å². The molecule has 1 saturated heterocycles. The lowest BCUT2D eigenvalue weighted by atomic mass is 10.1. The number of imidazole rings is 1. The largest absolute Gasteiger partial charge is 0.459 e. The molecule has 0 bridgehead atoms. The van der Waals surface area contributed by atoms with Crippen molar-refractivity contribution in [3.8, 4) is 0 Å². The summed E-state index contributed by atoms with van der Waals surface area (Å²) >= 11 is 0. The summed E-state index contributed by atoms with van der Waals surface area (Å²) in [6.45, 7) is 8.43. The van der Waals surface area contributed by atoms with E-state index in [-0.39, 0.29) is 12.0 Å². The molecule has 1 aromatic heterocycles. The molecule has 0 aliphatic carbocycles. The van der Waals surface area contributed by atoms with Gasteiger partial charge in [0.15, 0.2) is 0 Å². The normalized spacial score (nSPS) is 20.7. The fourth-order valence-corrected chi connectivity index (χ4v) is 2.39. The Bertz CT molecular complexity index is 409. The van der Waals surface area contributed by atoms with Crippen molar-refractivity contribution in [2.24, 2.45) is 0 Å². The molecule has 2 heterocycles. The second kappa shape index (κ2) is 5.74. The molecule has 0 saturated carbocycles. The molecule has 0 N–H and O–H groups in total. The monoisotopic (exact) mass is 265 g/mol. The number of esters is 1. The van der Waals surface area contributed by atoms with Crippen LogP contribution in [0.1, 0.15) is 33.6 Å². The van der Waals surface area contributed by atoms with Gasteiger partial charge in [-0.2, -0.15) is 0 Å². The molecule has 0 radical (unpaired) electrons. The summed E-state index contributed by atoms with van der Waals surface area (Å²) in [7, 11) is 0. The van der Waals surface area contributed by atoms with Gasteiger partial charge in [-0.1, -0.05) is 0 Å². The van der Waals surface area contributed by atoms with Gasteiger partial charge >= 0.3 is 5.97 Å². The van der Waals surface area contributed by atoms with Gasteiger partial charge in [0, 0.05) is 25.5 Å². The molecular formula is C14H23N3O2. The van der Waals surface area contributed by atoms with Crippen LogP contribution in [0.25, 0.3) is 0 Å². The topological polar surface area (TPSA) is 47.4 Å². The molecule has 2 rings (SSSR count). The van der Waals surface area contributed by atoms with Crippen molar-refractivity contribution >= 4 is 5.97 Å². The standard InChI is InChI=1S/C14H23N3O2/c1-14(2,3)19-13(18)12-5-4-7-17(12)10-9-16-8-6-15-11-16/h6,8,11-12H,4-5,7,9-10H2,1-3H3/t12-/m0/s1. The number of aromatic nitrogens is 2. The summed E-state index contributed by atoms with van der Waals surface area (Å²) in [5, 5.41) is 0. The summed E-state index contributed by atoms with van der Waals surface area (Å²) in [5.41, 5.74) is -0.407. The summed E-state index contributed by atoms with van der Waals surface area (Å²) in [4.78, 5) is 18.4. The van der Waals surface area contributed by atoms with Gasteiger partial charge in [-0.05, 0) is 40.2 Å². The Morgan fingerprint density at radius 2 is 2.21 bits per heavy atom. The minimum absolute atomic E-state index is 0.0808. The molecular weight excluding hydrogens is 242 g/mol. The molecule has 1 atom stereocenters. The first kappa shape index (κ1) is 14.1. The Hall–Kier alpha value is -1.36. The van der Waals surface area contributed by atoms with Crippen LogP contribution in [-0.4, -0.2) is 45.2 Å². The molecule has 0 aromatic carbocycles. The fourth-order valence-electron chi connectivity index (χ4n) is 2.39. The zero-order valence-electron chi connectivity index (χ0n) is 12.0. The van der Waals surface area contributed by atoms with Crippen LogP contribution in [0.15, 0.2) is 18.7 Å². The zero-order valence-corrected chi connectivity index (χ0v) is 12.0. The van der Waals surface area contributed by atoms with Gasteiger partial charge in [0.2, 0.25) is 0 Å². The lowest BCUT2D eigenvalue weighted by Gasteiger charge is -2.27. The van der Waals surface area contributed by atoms with E-state index in [2.05, 4.69) is 9.88 Å². The molecule has 1 aliphatic rings. The van der Waals surface area contributed by atoms with Crippen LogP contribution in [0.5, 0.6) is 0 Å². The Morgan fingerprint density at radius 3 is 2.84 bits per heavy atom. The van der Waals surface area contributed by atoms with Crippen LogP contribution in [0, 0.1) is 0 Å². The first-order valence-corrected chi connectivity index (χ1v) is 6.88. The van der Waals surface area contributed by atoms with Gasteiger partial charge in [-0.3, -0.25) is 9.69 Å². The number of hydrogen-bond donors (Lipinski definition) is 0. The van der Waals surface area contributed by atoms with Crippen molar-refractivity contribution in [2.75, 3.05) is 13.1 Å². The minimum atomic E-state index is -0.407. The highest BCUT2D eigenvalue weighted by Crippen LogP contribution is 2.20. The molecule has 1 aromatic rings. The molecule has 19 heavy (non-hydrogen) atoms. The van der Waals surface area contributed by atoms with Crippen molar-refractivity contribution in [3.05, 3.63) is 18.7 Å². The van der Waals surface area contributed by atoms with Gasteiger partial charge < -0.3 is 9.30 Å². The van der Waals surface area contributed by atoms with E-state index in [1.54, 1.807) is 12.5 Å². The summed E-state index contributed by atoms with van der Waals surface area (Å²) < 4.78 is 7.52. The SMILES string of the molecule is CC(C)(C)OC(=O)[C@@H]1CCCN1CCn1ccnc1. The average Bonchev–Trinajstić information content (AvgIpc) is 2.95. The van der Waals surface area contributed by atoms with Gasteiger partial charge in [-0.15, -0.1) is 0 Å². The van der Waals surface area contributed by atoms with Crippen LogP contribution < -0.4 is 0 Å². The lowest BCUT2D eigenvalue weighted by Crippen LogP contribution is -2.41. The van der Waals surface area contributed by atoms with Gasteiger partial charge in [0.1, 0.15) is 11.6 Å². The van der Waals surface area contributed by atoms with Gasteiger partial charge in [0.05, 0.1) is 6.33 Å². The van der Waals surface area contributed by atoms with Gasteiger partial charge in [0.25, 0.3) is 0 Å². The highest BCUT2D eigenvalue weighted by molar-refractivity contribution is 5.76. The summed E-state index contributed by atoms with van der Waals surface area (Å²) in [6.07, 6.45) is 7.49. The van der Waals surface area contributed by atoms with Crippen LogP contribution in [0.3, 0.4) is 0 Å². The lowest BCUT2D eigenvalue weighted by molar-refractivity contribution is -0.160. The van der Waals surface area contributed by atoms with E-state index in [1.165, 1.54) is 0 Å². The smallest absolute Gasteiger partial charge is 0.323 e. The molecule has 1 aliphatic heterocycles. The van der Waals surface area contributed by atoms with Crippen molar-refractivity contribution < 1.29 is 9.53 Å². The Labute approximate surface area is 114 Å². The van der Waals surface area contributed by atoms with E-state index in [9.17, 15) is 4.79 Å². The predicted octanol–water partition coefficient (Wildman–Crippen LogP) is 1.69. The molecule has 106 valence electrons. The maximum absolute atomic E-state index is 12.1. The highest BCUT2D eigenvalue weighted by Gasteiger charge is 2.33.